The molecule has 5 nitrogen and oxygen atoms in total. The van der Waals surface area contributed by atoms with Gasteiger partial charge < -0.3 is 14.2 Å². The minimum absolute atomic E-state index is 0.0690. The monoisotopic (exact) mass is 811 g/mol. The van der Waals surface area contributed by atoms with Crippen LogP contribution in [-0.2, 0) is 23.8 Å². The normalized spacial score (nSPS) is 12.7. The molecule has 1 unspecified atom stereocenters. The average molecular weight is 811 g/mol. The average Bonchev–Trinajstić information content (AvgIpc) is 3.22. The first-order valence-electron chi connectivity index (χ1n) is 24.8. The van der Waals surface area contributed by atoms with Gasteiger partial charge in [0.25, 0.3) is 0 Å². The lowest BCUT2D eigenvalue weighted by atomic mass is 10.0. The molecule has 0 bridgehead atoms. The Morgan fingerprint density at radius 2 is 0.776 bits per heavy atom. The summed E-state index contributed by atoms with van der Waals surface area (Å²) >= 11 is 0. The Balaban J connectivity index is 4.07. The van der Waals surface area contributed by atoms with Gasteiger partial charge in [0.15, 0.2) is 6.10 Å². The molecular weight excluding hydrogens is 717 g/mol. The van der Waals surface area contributed by atoms with Crippen LogP contribution in [0.5, 0.6) is 0 Å². The first-order valence-corrected chi connectivity index (χ1v) is 24.8. The molecular formula is C53H94O5. The largest absolute Gasteiger partial charge is 0.462 e. The van der Waals surface area contributed by atoms with Crippen molar-refractivity contribution < 1.29 is 23.8 Å². The summed E-state index contributed by atoms with van der Waals surface area (Å²) in [5.41, 5.74) is 0. The third-order valence-electron chi connectivity index (χ3n) is 10.6. The van der Waals surface area contributed by atoms with Crippen molar-refractivity contribution in [1.82, 2.24) is 0 Å². The molecule has 58 heavy (non-hydrogen) atoms. The van der Waals surface area contributed by atoms with E-state index in [9.17, 15) is 9.59 Å². The Hall–Kier alpha value is -2.40. The van der Waals surface area contributed by atoms with Crippen molar-refractivity contribution in [3.05, 3.63) is 60.8 Å². The second-order valence-corrected chi connectivity index (χ2v) is 16.4. The third-order valence-corrected chi connectivity index (χ3v) is 10.6. The zero-order valence-corrected chi connectivity index (χ0v) is 38.6. The molecule has 0 amide bonds. The Bertz CT molecular complexity index is 1010. The molecule has 0 aliphatic heterocycles. The number of rotatable bonds is 45. The molecule has 0 saturated heterocycles. The number of hydrogen-bond donors (Lipinski definition) is 0. The molecule has 0 spiro atoms. The fraction of sp³-hybridized carbons (Fsp3) is 0.774. The van der Waals surface area contributed by atoms with Crippen LogP contribution in [-0.4, -0.2) is 37.9 Å². The quantitative estimate of drug-likeness (QED) is 0.0348. The highest BCUT2D eigenvalue weighted by Gasteiger charge is 2.17. The van der Waals surface area contributed by atoms with E-state index in [0.29, 0.717) is 19.4 Å². The third kappa shape index (κ3) is 46.3. The molecule has 0 aliphatic rings. The Morgan fingerprint density at radius 1 is 0.397 bits per heavy atom. The van der Waals surface area contributed by atoms with Crippen molar-refractivity contribution in [1.29, 1.82) is 0 Å². The summed E-state index contributed by atoms with van der Waals surface area (Å²) in [5.74, 6) is -0.428. The molecule has 0 heterocycles. The zero-order valence-electron chi connectivity index (χ0n) is 38.6. The fourth-order valence-corrected chi connectivity index (χ4v) is 6.89. The lowest BCUT2D eigenvalue weighted by Gasteiger charge is -2.18. The second-order valence-electron chi connectivity index (χ2n) is 16.4. The number of allylic oxidation sites excluding steroid dienone is 10. The Morgan fingerprint density at radius 3 is 1.21 bits per heavy atom. The van der Waals surface area contributed by atoms with Crippen molar-refractivity contribution in [2.75, 3.05) is 19.8 Å². The maximum atomic E-state index is 12.6. The predicted molar refractivity (Wildman–Crippen MR) is 251 cm³/mol. The minimum atomic E-state index is -0.553. The van der Waals surface area contributed by atoms with Gasteiger partial charge in [-0.3, -0.25) is 9.59 Å². The van der Waals surface area contributed by atoms with Crippen LogP contribution in [0.3, 0.4) is 0 Å². The van der Waals surface area contributed by atoms with Gasteiger partial charge in [0.05, 0.1) is 6.61 Å². The van der Waals surface area contributed by atoms with E-state index >= 15 is 0 Å². The van der Waals surface area contributed by atoms with Gasteiger partial charge >= 0.3 is 11.9 Å². The van der Waals surface area contributed by atoms with Gasteiger partial charge in [-0.15, -0.1) is 0 Å². The van der Waals surface area contributed by atoms with Crippen LogP contribution in [0.15, 0.2) is 60.8 Å². The van der Waals surface area contributed by atoms with Gasteiger partial charge in [-0.1, -0.05) is 223 Å². The highest BCUT2D eigenvalue weighted by atomic mass is 16.6. The first kappa shape index (κ1) is 55.6. The van der Waals surface area contributed by atoms with Crippen LogP contribution >= 0.6 is 0 Å². The van der Waals surface area contributed by atoms with Gasteiger partial charge in [-0.05, 0) is 64.2 Å². The van der Waals surface area contributed by atoms with E-state index in [-0.39, 0.29) is 25.2 Å². The van der Waals surface area contributed by atoms with Crippen LogP contribution < -0.4 is 0 Å². The fourth-order valence-electron chi connectivity index (χ4n) is 6.89. The van der Waals surface area contributed by atoms with E-state index in [4.69, 9.17) is 14.2 Å². The van der Waals surface area contributed by atoms with Gasteiger partial charge in [0.1, 0.15) is 6.61 Å². The molecule has 0 N–H and O–H groups in total. The highest BCUT2D eigenvalue weighted by molar-refractivity contribution is 5.70. The number of unbranched alkanes of at least 4 members (excludes halogenated alkanes) is 24. The summed E-state index contributed by atoms with van der Waals surface area (Å²) in [5, 5.41) is 0. The smallest absolute Gasteiger partial charge is 0.306 e. The van der Waals surface area contributed by atoms with E-state index in [0.717, 1.165) is 83.5 Å². The molecule has 0 fully saturated rings. The van der Waals surface area contributed by atoms with Crippen molar-refractivity contribution in [3.8, 4) is 0 Å². The molecule has 1 atom stereocenters. The number of carbonyl (C=O) groups excluding carboxylic acids is 2. The number of carbonyl (C=O) groups is 2. The second kappa shape index (κ2) is 49.0. The number of esters is 2. The molecule has 5 heteroatoms. The van der Waals surface area contributed by atoms with Crippen molar-refractivity contribution in [2.45, 2.75) is 245 Å². The van der Waals surface area contributed by atoms with Gasteiger partial charge in [0, 0.05) is 19.4 Å². The Labute approximate surface area is 360 Å². The van der Waals surface area contributed by atoms with Crippen molar-refractivity contribution in [3.63, 3.8) is 0 Å². The molecule has 0 saturated carbocycles. The molecule has 0 rings (SSSR count). The van der Waals surface area contributed by atoms with E-state index in [1.165, 1.54) is 122 Å². The molecule has 0 aromatic heterocycles. The summed E-state index contributed by atoms with van der Waals surface area (Å²) in [6, 6.07) is 0. The van der Waals surface area contributed by atoms with E-state index in [2.05, 4.69) is 81.5 Å². The molecule has 336 valence electrons. The van der Waals surface area contributed by atoms with Crippen LogP contribution in [0.2, 0.25) is 0 Å². The summed E-state index contributed by atoms with van der Waals surface area (Å²) in [7, 11) is 0. The minimum Gasteiger partial charge on any atom is -0.462 e. The van der Waals surface area contributed by atoms with Gasteiger partial charge in [-0.25, -0.2) is 0 Å². The van der Waals surface area contributed by atoms with E-state index in [1.54, 1.807) is 0 Å². The first-order chi connectivity index (χ1) is 28.6. The van der Waals surface area contributed by atoms with Crippen LogP contribution in [0.4, 0.5) is 0 Å². The molecule has 0 aromatic carbocycles. The SMILES string of the molecule is CC/C=C\C/C=C\C/C=C\C/C=C\C/C=C\CCCCOCC(COC(=O)CCCCCCCCCCCCCCCCCCCCC)OC(=O)CCCCCCC. The summed E-state index contributed by atoms with van der Waals surface area (Å²) in [6.45, 7) is 7.56. The van der Waals surface area contributed by atoms with E-state index < -0.39 is 6.10 Å². The van der Waals surface area contributed by atoms with Crippen LogP contribution in [0.1, 0.15) is 239 Å². The zero-order chi connectivity index (χ0) is 42.1. The summed E-state index contributed by atoms with van der Waals surface area (Å²) in [6.07, 6.45) is 61.2. The summed E-state index contributed by atoms with van der Waals surface area (Å²) < 4.78 is 17.2. The van der Waals surface area contributed by atoms with Gasteiger partial charge in [-0.2, -0.15) is 0 Å². The standard InChI is InChI=1S/C53H94O5/c1-4-7-10-13-15-17-19-21-23-25-27-28-30-32-34-36-38-41-43-46-52(54)57-50-51(58-53(55)47-44-40-12-9-6-3)49-56-48-45-42-39-37-35-33-31-29-26-24-22-20-18-16-14-11-8-5-2/h8,11,16,18,22,24,29,31,35,37,51H,4-7,9-10,12-15,17,19-21,23,25-28,30,32-34,36,38-50H2,1-3H3/b11-8-,18-16-,24-22-,31-29-,37-35-. The van der Waals surface area contributed by atoms with Gasteiger partial charge in [0.2, 0.25) is 0 Å². The highest BCUT2D eigenvalue weighted by Crippen LogP contribution is 2.15. The van der Waals surface area contributed by atoms with E-state index in [1.807, 2.05) is 0 Å². The molecule has 0 aromatic rings. The summed E-state index contributed by atoms with van der Waals surface area (Å²) in [4.78, 5) is 25.1. The van der Waals surface area contributed by atoms with Crippen molar-refractivity contribution >= 4 is 11.9 Å². The topological polar surface area (TPSA) is 61.8 Å². The molecule has 0 radical (unpaired) electrons. The lowest BCUT2D eigenvalue weighted by Crippen LogP contribution is -2.30. The Kier molecular flexibility index (Phi) is 46.9. The van der Waals surface area contributed by atoms with Crippen LogP contribution in [0, 0.1) is 0 Å². The maximum absolute atomic E-state index is 12.6. The van der Waals surface area contributed by atoms with Crippen molar-refractivity contribution in [2.24, 2.45) is 0 Å². The van der Waals surface area contributed by atoms with Crippen LogP contribution in [0.25, 0.3) is 0 Å². The lowest BCUT2D eigenvalue weighted by molar-refractivity contribution is -0.163. The molecule has 0 aliphatic carbocycles. The number of hydrogen-bond acceptors (Lipinski definition) is 5. The predicted octanol–water partition coefficient (Wildman–Crippen LogP) is 16.6. The number of ether oxygens (including phenoxy) is 3. The maximum Gasteiger partial charge on any atom is 0.306 e.